The molecule has 0 saturated carbocycles. The Balaban J connectivity index is 1.89. The van der Waals surface area contributed by atoms with Gasteiger partial charge in [0, 0.05) is 24.9 Å². The lowest BCUT2D eigenvalue weighted by molar-refractivity contribution is -0.152. The molecule has 0 aromatic heterocycles. The Labute approximate surface area is 198 Å². The molecule has 2 atom stereocenters. The number of carbonyl (C=O) groups is 2. The molecule has 0 radical (unpaired) electrons. The molecular formula is C26H28N2O4S. The van der Waals surface area contributed by atoms with Crippen LogP contribution in [0.15, 0.2) is 65.6 Å². The highest BCUT2D eigenvalue weighted by atomic mass is 32.2. The molecule has 172 valence electrons. The molecule has 33 heavy (non-hydrogen) atoms. The molecule has 0 fully saturated rings. The van der Waals surface area contributed by atoms with Gasteiger partial charge in [0.15, 0.2) is 6.10 Å². The van der Waals surface area contributed by atoms with E-state index >= 15 is 0 Å². The first-order valence-electron chi connectivity index (χ1n) is 10.8. The van der Waals surface area contributed by atoms with E-state index in [0.29, 0.717) is 13.1 Å². The lowest BCUT2D eigenvalue weighted by atomic mass is 10.0. The highest BCUT2D eigenvalue weighted by Crippen LogP contribution is 2.49. The van der Waals surface area contributed by atoms with E-state index in [9.17, 15) is 9.59 Å². The standard InChI is InChI=1S/C26H28N2O4S/c1-17(29)32-23-24(19-9-12-20(31-4)13-10-19)33-25-21-8-6-5-7-18(21)11-14-22(25)28(26(23)30)16-15-27(2)3/h5-14,23-24H,15-16H2,1-4H3/t23-,24-/m0/s1. The molecule has 0 unspecified atom stereocenters. The molecule has 3 aromatic rings. The van der Waals surface area contributed by atoms with Crippen LogP contribution in [0.25, 0.3) is 10.8 Å². The third-order valence-corrected chi connectivity index (χ3v) is 7.12. The van der Waals surface area contributed by atoms with Crippen LogP contribution in [0.1, 0.15) is 17.7 Å². The van der Waals surface area contributed by atoms with E-state index in [4.69, 9.17) is 9.47 Å². The number of hydrogen-bond acceptors (Lipinski definition) is 6. The monoisotopic (exact) mass is 464 g/mol. The first-order chi connectivity index (χ1) is 15.9. The summed E-state index contributed by atoms with van der Waals surface area (Å²) in [6.07, 6.45) is -0.950. The SMILES string of the molecule is COc1ccc([C@@H]2Sc3c(ccc4ccccc34)N(CCN(C)C)C(=O)[C@H]2OC(C)=O)cc1. The molecule has 0 spiro atoms. The highest BCUT2D eigenvalue weighted by Gasteiger charge is 2.41. The summed E-state index contributed by atoms with van der Waals surface area (Å²) in [6, 6.07) is 19.8. The van der Waals surface area contributed by atoms with Crippen LogP contribution in [-0.4, -0.2) is 57.2 Å². The van der Waals surface area contributed by atoms with Gasteiger partial charge in [0.25, 0.3) is 5.91 Å². The maximum Gasteiger partial charge on any atom is 0.303 e. The average Bonchev–Trinajstić information content (AvgIpc) is 2.92. The number of carbonyl (C=O) groups excluding carboxylic acids is 2. The van der Waals surface area contributed by atoms with Crippen LogP contribution in [0.3, 0.4) is 0 Å². The normalized spacial score (nSPS) is 18.2. The second-order valence-electron chi connectivity index (χ2n) is 8.27. The fraction of sp³-hybridized carbons (Fsp3) is 0.308. The minimum Gasteiger partial charge on any atom is -0.497 e. The predicted octanol–water partition coefficient (Wildman–Crippen LogP) is 4.52. The number of ether oxygens (including phenoxy) is 2. The minimum atomic E-state index is -0.950. The number of nitrogens with zero attached hydrogens (tertiary/aromatic N) is 2. The summed E-state index contributed by atoms with van der Waals surface area (Å²) in [5.41, 5.74) is 1.74. The number of amides is 1. The van der Waals surface area contributed by atoms with E-state index in [2.05, 4.69) is 12.1 Å². The first-order valence-corrected chi connectivity index (χ1v) is 11.7. The zero-order valence-electron chi connectivity index (χ0n) is 19.3. The molecule has 7 heteroatoms. The number of hydrogen-bond donors (Lipinski definition) is 0. The van der Waals surface area contributed by atoms with Gasteiger partial charge >= 0.3 is 5.97 Å². The van der Waals surface area contributed by atoms with E-state index in [1.807, 2.05) is 67.5 Å². The van der Waals surface area contributed by atoms with Gasteiger partial charge in [0.05, 0.1) is 18.0 Å². The number of likely N-dealkylation sites (N-methyl/N-ethyl adjacent to an activating group) is 1. The number of anilines is 1. The average molecular weight is 465 g/mol. The maximum atomic E-state index is 13.9. The summed E-state index contributed by atoms with van der Waals surface area (Å²) in [6.45, 7) is 2.52. The second-order valence-corrected chi connectivity index (χ2v) is 9.42. The van der Waals surface area contributed by atoms with Crippen molar-refractivity contribution in [1.29, 1.82) is 0 Å². The number of esters is 1. The van der Waals surface area contributed by atoms with Crippen LogP contribution in [0.4, 0.5) is 5.69 Å². The molecule has 1 aliphatic heterocycles. The molecule has 1 heterocycles. The van der Waals surface area contributed by atoms with Crippen molar-refractivity contribution in [2.75, 3.05) is 39.2 Å². The van der Waals surface area contributed by atoms with Crippen molar-refractivity contribution in [1.82, 2.24) is 4.90 Å². The molecule has 3 aromatic carbocycles. The Bertz CT molecular complexity index is 1160. The van der Waals surface area contributed by atoms with Gasteiger partial charge in [-0.3, -0.25) is 9.59 Å². The molecule has 0 aliphatic carbocycles. The number of thioether (sulfide) groups is 1. The molecule has 1 amide bonds. The third-order valence-electron chi connectivity index (χ3n) is 5.69. The summed E-state index contributed by atoms with van der Waals surface area (Å²) in [7, 11) is 5.57. The number of fused-ring (bicyclic) bond motifs is 3. The Kier molecular flexibility index (Phi) is 6.91. The highest BCUT2D eigenvalue weighted by molar-refractivity contribution is 8.00. The Morgan fingerprint density at radius 2 is 1.79 bits per heavy atom. The van der Waals surface area contributed by atoms with Gasteiger partial charge < -0.3 is 19.3 Å². The smallest absolute Gasteiger partial charge is 0.303 e. The summed E-state index contributed by atoms with van der Waals surface area (Å²) in [4.78, 5) is 30.8. The van der Waals surface area contributed by atoms with E-state index in [1.54, 1.807) is 23.8 Å². The van der Waals surface area contributed by atoms with Gasteiger partial charge in [-0.1, -0.05) is 42.5 Å². The molecule has 0 bridgehead atoms. The molecule has 0 N–H and O–H groups in total. The summed E-state index contributed by atoms with van der Waals surface area (Å²) >= 11 is 1.57. The molecular weight excluding hydrogens is 436 g/mol. The van der Waals surface area contributed by atoms with Gasteiger partial charge in [0.1, 0.15) is 5.75 Å². The maximum absolute atomic E-state index is 13.9. The Morgan fingerprint density at radius 1 is 1.06 bits per heavy atom. The predicted molar refractivity (Wildman–Crippen MR) is 132 cm³/mol. The summed E-state index contributed by atoms with van der Waals surface area (Å²) in [5.74, 6) is 0.0384. The summed E-state index contributed by atoms with van der Waals surface area (Å²) < 4.78 is 11.0. The van der Waals surface area contributed by atoms with Crippen LogP contribution in [0.5, 0.6) is 5.75 Å². The van der Waals surface area contributed by atoms with Crippen molar-refractivity contribution in [3.05, 3.63) is 66.2 Å². The molecule has 1 aliphatic rings. The van der Waals surface area contributed by atoms with E-state index in [-0.39, 0.29) is 5.91 Å². The van der Waals surface area contributed by atoms with Crippen molar-refractivity contribution in [2.45, 2.75) is 23.2 Å². The zero-order valence-corrected chi connectivity index (χ0v) is 20.1. The Hall–Kier alpha value is -3.03. The fourth-order valence-corrected chi connectivity index (χ4v) is 5.47. The number of methoxy groups -OCH3 is 1. The second kappa shape index (κ2) is 9.85. The van der Waals surface area contributed by atoms with Gasteiger partial charge in [-0.2, -0.15) is 0 Å². The molecule has 6 nitrogen and oxygen atoms in total. The quantitative estimate of drug-likeness (QED) is 0.500. The lowest BCUT2D eigenvalue weighted by Gasteiger charge is -2.28. The molecule has 0 saturated heterocycles. The topological polar surface area (TPSA) is 59.1 Å². The largest absolute Gasteiger partial charge is 0.497 e. The molecule has 4 rings (SSSR count). The zero-order chi connectivity index (χ0) is 23.5. The van der Waals surface area contributed by atoms with Crippen molar-refractivity contribution in [3.63, 3.8) is 0 Å². The summed E-state index contributed by atoms with van der Waals surface area (Å²) in [5, 5.41) is 1.77. The van der Waals surface area contributed by atoms with Crippen LogP contribution < -0.4 is 9.64 Å². The van der Waals surface area contributed by atoms with E-state index < -0.39 is 17.3 Å². The lowest BCUT2D eigenvalue weighted by Crippen LogP contribution is -2.45. The van der Waals surface area contributed by atoms with E-state index in [1.165, 1.54) is 6.92 Å². The van der Waals surface area contributed by atoms with Crippen molar-refractivity contribution in [3.8, 4) is 5.75 Å². The van der Waals surface area contributed by atoms with Gasteiger partial charge in [-0.05, 0) is 48.6 Å². The third kappa shape index (κ3) is 4.84. The van der Waals surface area contributed by atoms with Gasteiger partial charge in [-0.15, -0.1) is 11.8 Å². The van der Waals surface area contributed by atoms with Crippen molar-refractivity contribution < 1.29 is 19.1 Å². The van der Waals surface area contributed by atoms with Crippen LogP contribution in [-0.2, 0) is 14.3 Å². The number of benzene rings is 3. The first kappa shape index (κ1) is 23.1. The van der Waals surface area contributed by atoms with Gasteiger partial charge in [0.2, 0.25) is 0 Å². The fourth-order valence-electron chi connectivity index (χ4n) is 4.02. The Morgan fingerprint density at radius 3 is 2.45 bits per heavy atom. The number of rotatable bonds is 6. The van der Waals surface area contributed by atoms with Crippen LogP contribution in [0, 0.1) is 0 Å². The minimum absolute atomic E-state index is 0.214. The van der Waals surface area contributed by atoms with Gasteiger partial charge in [-0.25, -0.2) is 0 Å². The van der Waals surface area contributed by atoms with E-state index in [0.717, 1.165) is 32.7 Å². The van der Waals surface area contributed by atoms with Crippen molar-refractivity contribution >= 4 is 40.1 Å². The van der Waals surface area contributed by atoms with Crippen LogP contribution in [0.2, 0.25) is 0 Å². The van der Waals surface area contributed by atoms with Crippen molar-refractivity contribution in [2.24, 2.45) is 0 Å². The van der Waals surface area contributed by atoms with Crippen LogP contribution >= 0.6 is 11.8 Å².